The molecule has 1 fully saturated rings. The zero-order valence-electron chi connectivity index (χ0n) is 12.3. The second-order valence-corrected chi connectivity index (χ2v) is 6.61. The van der Waals surface area contributed by atoms with Crippen molar-refractivity contribution in [3.8, 4) is 6.07 Å². The number of pyridine rings is 1. The number of aromatic nitrogens is 4. The van der Waals surface area contributed by atoms with Gasteiger partial charge in [0, 0.05) is 10.6 Å². The first kappa shape index (κ1) is 14.0. The van der Waals surface area contributed by atoms with Crippen LogP contribution in [-0.4, -0.2) is 20.4 Å². The molecule has 1 saturated carbocycles. The van der Waals surface area contributed by atoms with E-state index in [0.717, 1.165) is 16.0 Å². The number of nitriles is 1. The van der Waals surface area contributed by atoms with Crippen LogP contribution in [0.2, 0.25) is 0 Å². The van der Waals surface area contributed by atoms with Gasteiger partial charge in [-0.3, -0.25) is 0 Å². The number of nitrogen functional groups attached to an aromatic ring is 1. The summed E-state index contributed by atoms with van der Waals surface area (Å²) in [5, 5.41) is 20.1. The van der Waals surface area contributed by atoms with Crippen LogP contribution >= 0.6 is 11.8 Å². The topological polar surface area (TPSA) is 104 Å². The highest BCUT2D eigenvalue weighted by molar-refractivity contribution is 7.98. The Morgan fingerprint density at radius 1 is 1.35 bits per heavy atom. The lowest BCUT2D eigenvalue weighted by Gasteiger charge is -2.11. The molecule has 0 amide bonds. The van der Waals surface area contributed by atoms with Crippen molar-refractivity contribution >= 4 is 28.7 Å². The molecule has 1 aromatic carbocycles. The van der Waals surface area contributed by atoms with Crippen molar-refractivity contribution in [2.24, 2.45) is 0 Å². The average Bonchev–Trinajstić information content (AvgIpc) is 3.30. The van der Waals surface area contributed by atoms with Crippen LogP contribution < -0.4 is 5.73 Å². The minimum atomic E-state index is 0.421. The maximum Gasteiger partial charge on any atom is 0.204 e. The van der Waals surface area contributed by atoms with Gasteiger partial charge in [0.05, 0.1) is 11.6 Å². The smallest absolute Gasteiger partial charge is 0.204 e. The third kappa shape index (κ3) is 2.62. The monoisotopic (exact) mass is 322 g/mol. The van der Waals surface area contributed by atoms with E-state index in [-0.39, 0.29) is 0 Å². The second-order valence-electron chi connectivity index (χ2n) is 5.59. The number of anilines is 1. The fourth-order valence-corrected chi connectivity index (χ4v) is 3.83. The van der Waals surface area contributed by atoms with Crippen LogP contribution in [0.25, 0.3) is 11.2 Å². The second kappa shape index (κ2) is 5.56. The summed E-state index contributed by atoms with van der Waals surface area (Å²) in [5.41, 5.74) is 10.2. The Morgan fingerprint density at radius 3 is 3.00 bits per heavy atom. The van der Waals surface area contributed by atoms with Gasteiger partial charge in [-0.2, -0.15) is 15.6 Å². The minimum Gasteiger partial charge on any atom is -0.384 e. The standard InChI is InChI=1S/C16H14N6S/c17-7-10-2-1-3-11(9-4-5-9)12(10)8-23-13-6-14(18)19-16-15(13)20-22-21-16/h1-3,6,9H,4-5,8H2,(H3,18,19,20,21,22). The Bertz CT molecular complexity index is 922. The van der Waals surface area contributed by atoms with E-state index in [2.05, 4.69) is 32.5 Å². The molecule has 4 rings (SSSR count). The van der Waals surface area contributed by atoms with Gasteiger partial charge in [0.15, 0.2) is 0 Å². The van der Waals surface area contributed by atoms with Crippen LogP contribution in [0.4, 0.5) is 5.82 Å². The van der Waals surface area contributed by atoms with Crippen LogP contribution in [0, 0.1) is 11.3 Å². The highest BCUT2D eigenvalue weighted by Crippen LogP contribution is 2.43. The van der Waals surface area contributed by atoms with Gasteiger partial charge in [-0.05, 0) is 42.0 Å². The maximum atomic E-state index is 9.41. The first-order valence-corrected chi connectivity index (χ1v) is 8.36. The molecule has 1 aliphatic rings. The molecule has 7 heteroatoms. The molecule has 23 heavy (non-hydrogen) atoms. The molecule has 3 N–H and O–H groups in total. The molecule has 0 unspecified atom stereocenters. The fraction of sp³-hybridized carbons (Fsp3) is 0.250. The quantitative estimate of drug-likeness (QED) is 0.716. The lowest BCUT2D eigenvalue weighted by Crippen LogP contribution is -1.96. The molecule has 0 bridgehead atoms. The normalized spacial score (nSPS) is 14.0. The summed E-state index contributed by atoms with van der Waals surface area (Å²) in [6, 6.07) is 10.1. The number of nitrogens with two attached hydrogens (primary N) is 1. The lowest BCUT2D eigenvalue weighted by molar-refractivity contribution is 0.953. The van der Waals surface area contributed by atoms with E-state index in [4.69, 9.17) is 5.73 Å². The lowest BCUT2D eigenvalue weighted by atomic mass is 10.00. The molecule has 0 radical (unpaired) electrons. The number of nitrogens with one attached hydrogen (secondary N) is 1. The van der Waals surface area contributed by atoms with Crippen LogP contribution in [0.3, 0.4) is 0 Å². The summed E-state index contributed by atoms with van der Waals surface area (Å²) < 4.78 is 0. The first-order chi connectivity index (χ1) is 11.3. The van der Waals surface area contributed by atoms with Gasteiger partial charge in [0.25, 0.3) is 0 Å². The van der Waals surface area contributed by atoms with Gasteiger partial charge in [-0.25, -0.2) is 4.98 Å². The predicted octanol–water partition coefficient (Wildman–Crippen LogP) is 2.98. The van der Waals surface area contributed by atoms with Crippen molar-refractivity contribution in [2.45, 2.75) is 29.4 Å². The zero-order valence-corrected chi connectivity index (χ0v) is 13.1. The Morgan fingerprint density at radius 2 is 2.22 bits per heavy atom. The van der Waals surface area contributed by atoms with Gasteiger partial charge < -0.3 is 5.73 Å². The van der Waals surface area contributed by atoms with E-state index >= 15 is 0 Å². The summed E-state index contributed by atoms with van der Waals surface area (Å²) >= 11 is 1.62. The summed E-state index contributed by atoms with van der Waals surface area (Å²) in [6.45, 7) is 0. The van der Waals surface area contributed by atoms with Gasteiger partial charge >= 0.3 is 0 Å². The van der Waals surface area contributed by atoms with Crippen molar-refractivity contribution in [2.75, 3.05) is 5.73 Å². The van der Waals surface area contributed by atoms with Gasteiger partial charge in [-0.1, -0.05) is 12.1 Å². The Labute approximate surface area is 137 Å². The molecule has 114 valence electrons. The molecule has 6 nitrogen and oxygen atoms in total. The van der Waals surface area contributed by atoms with E-state index in [1.807, 2.05) is 12.1 Å². The van der Waals surface area contributed by atoms with Crippen LogP contribution in [0.5, 0.6) is 0 Å². The van der Waals surface area contributed by atoms with Crippen LogP contribution in [0.1, 0.15) is 35.4 Å². The van der Waals surface area contributed by atoms with E-state index in [9.17, 15) is 5.26 Å². The third-order valence-corrected chi connectivity index (χ3v) is 5.05. The van der Waals surface area contributed by atoms with Crippen molar-refractivity contribution in [3.63, 3.8) is 0 Å². The number of aromatic amines is 1. The highest BCUT2D eigenvalue weighted by Gasteiger charge is 2.27. The first-order valence-electron chi connectivity index (χ1n) is 7.38. The summed E-state index contributed by atoms with van der Waals surface area (Å²) in [5.74, 6) is 1.74. The van der Waals surface area contributed by atoms with E-state index in [0.29, 0.717) is 28.7 Å². The molecule has 0 saturated heterocycles. The van der Waals surface area contributed by atoms with Gasteiger partial charge in [0.1, 0.15) is 11.3 Å². The Hall–Kier alpha value is -2.59. The van der Waals surface area contributed by atoms with Gasteiger partial charge in [-0.15, -0.1) is 16.9 Å². The number of fused-ring (bicyclic) bond motifs is 1. The number of hydrogen-bond donors (Lipinski definition) is 2. The summed E-state index contributed by atoms with van der Waals surface area (Å²) in [7, 11) is 0. The van der Waals surface area contributed by atoms with Crippen LogP contribution in [-0.2, 0) is 5.75 Å². The molecular weight excluding hydrogens is 308 g/mol. The maximum absolute atomic E-state index is 9.41. The van der Waals surface area contributed by atoms with Gasteiger partial charge in [0.2, 0.25) is 5.65 Å². The molecule has 0 aliphatic heterocycles. The zero-order chi connectivity index (χ0) is 15.8. The minimum absolute atomic E-state index is 0.421. The molecule has 0 atom stereocenters. The van der Waals surface area contributed by atoms with E-state index < -0.39 is 0 Å². The van der Waals surface area contributed by atoms with E-state index in [1.54, 1.807) is 17.8 Å². The van der Waals surface area contributed by atoms with Crippen molar-refractivity contribution in [1.29, 1.82) is 5.26 Å². The van der Waals surface area contributed by atoms with Crippen molar-refractivity contribution < 1.29 is 0 Å². The fourth-order valence-electron chi connectivity index (χ4n) is 2.73. The number of thioether (sulfide) groups is 1. The SMILES string of the molecule is N#Cc1cccc(C2CC2)c1CSc1cc(N)nc2n[nH]nc12. The molecule has 2 aromatic heterocycles. The van der Waals surface area contributed by atoms with E-state index in [1.165, 1.54) is 18.4 Å². The molecular formula is C16H14N6S. The number of hydrogen-bond acceptors (Lipinski definition) is 6. The third-order valence-electron chi connectivity index (χ3n) is 4.00. The predicted molar refractivity (Wildman–Crippen MR) is 88.8 cm³/mol. The largest absolute Gasteiger partial charge is 0.384 e. The number of rotatable bonds is 4. The number of H-pyrrole nitrogens is 1. The molecule has 3 aromatic rings. The highest BCUT2D eigenvalue weighted by atomic mass is 32.2. The molecule has 1 aliphatic carbocycles. The summed E-state index contributed by atoms with van der Waals surface area (Å²) in [6.07, 6.45) is 2.42. The average molecular weight is 322 g/mol. The Balaban J connectivity index is 1.69. The molecule has 2 heterocycles. The van der Waals surface area contributed by atoms with Crippen molar-refractivity contribution in [1.82, 2.24) is 20.4 Å². The number of benzene rings is 1. The molecule has 0 spiro atoms. The Kier molecular flexibility index (Phi) is 3.39. The summed E-state index contributed by atoms with van der Waals surface area (Å²) in [4.78, 5) is 5.07. The number of nitrogens with zero attached hydrogens (tertiary/aromatic N) is 4. The van der Waals surface area contributed by atoms with Crippen LogP contribution in [0.15, 0.2) is 29.2 Å². The van der Waals surface area contributed by atoms with Crippen molar-refractivity contribution in [3.05, 3.63) is 41.0 Å².